The smallest absolute Gasteiger partial charge is 0.245 e. The first-order valence-electron chi connectivity index (χ1n) is 7.64. The summed E-state index contributed by atoms with van der Waals surface area (Å²) < 4.78 is 43.9. The number of ether oxygens (including phenoxy) is 3. The molecule has 2 aromatic carbocycles. The molecule has 0 spiro atoms. The molecule has 0 heterocycles. The number of rotatable bonds is 7. The van der Waals surface area contributed by atoms with Crippen molar-refractivity contribution in [3.05, 3.63) is 48.0 Å². The summed E-state index contributed by atoms with van der Waals surface area (Å²) >= 11 is 0. The minimum Gasteiger partial charge on any atom is -0.497 e. The summed E-state index contributed by atoms with van der Waals surface area (Å²) in [5, 5.41) is 0. The van der Waals surface area contributed by atoms with E-state index in [0.717, 1.165) is 5.56 Å². The molecule has 0 aliphatic carbocycles. The van der Waals surface area contributed by atoms with Crippen molar-refractivity contribution in [3.63, 3.8) is 0 Å². The van der Waals surface area contributed by atoms with E-state index in [-0.39, 0.29) is 10.6 Å². The van der Waals surface area contributed by atoms with Gasteiger partial charge in [0.2, 0.25) is 10.0 Å². The van der Waals surface area contributed by atoms with Crippen molar-refractivity contribution in [2.45, 2.75) is 24.3 Å². The molecule has 1 N–H and O–H groups in total. The summed E-state index contributed by atoms with van der Waals surface area (Å²) in [7, 11) is 0.698. The van der Waals surface area contributed by atoms with Gasteiger partial charge in [-0.15, -0.1) is 0 Å². The minimum atomic E-state index is -3.81. The van der Waals surface area contributed by atoms with E-state index < -0.39 is 15.6 Å². The third kappa shape index (κ3) is 4.24. The van der Waals surface area contributed by atoms with Crippen molar-refractivity contribution in [2.24, 2.45) is 0 Å². The number of hydrogen-bond acceptors (Lipinski definition) is 5. The van der Waals surface area contributed by atoms with Gasteiger partial charge in [-0.3, -0.25) is 0 Å². The van der Waals surface area contributed by atoms with Crippen LogP contribution in [0, 0.1) is 0 Å². The number of sulfonamides is 1. The third-order valence-electron chi connectivity index (χ3n) is 3.86. The van der Waals surface area contributed by atoms with E-state index in [1.54, 1.807) is 39.2 Å². The maximum atomic E-state index is 12.9. The molecule has 0 bridgehead atoms. The van der Waals surface area contributed by atoms with Gasteiger partial charge < -0.3 is 14.2 Å². The van der Waals surface area contributed by atoms with E-state index in [1.807, 2.05) is 12.1 Å². The fourth-order valence-electron chi connectivity index (χ4n) is 2.45. The van der Waals surface area contributed by atoms with Crippen LogP contribution in [-0.4, -0.2) is 29.7 Å². The Balaban J connectivity index is 2.36. The monoisotopic (exact) mass is 365 g/mol. The highest BCUT2D eigenvalue weighted by molar-refractivity contribution is 7.89. The molecule has 0 amide bonds. The Morgan fingerprint density at radius 1 is 0.840 bits per heavy atom. The highest BCUT2D eigenvalue weighted by Crippen LogP contribution is 2.31. The fourth-order valence-corrected chi connectivity index (χ4v) is 4.01. The summed E-state index contributed by atoms with van der Waals surface area (Å²) in [6.07, 6.45) is 0. The molecular formula is C18H23NO5S. The van der Waals surface area contributed by atoms with Crippen LogP contribution in [0.15, 0.2) is 47.4 Å². The summed E-state index contributed by atoms with van der Waals surface area (Å²) in [4.78, 5) is 0.0531. The molecule has 0 radical (unpaired) electrons. The van der Waals surface area contributed by atoms with Gasteiger partial charge in [-0.2, -0.15) is 0 Å². The predicted molar refractivity (Wildman–Crippen MR) is 95.9 cm³/mol. The van der Waals surface area contributed by atoms with Gasteiger partial charge in [-0.1, -0.05) is 12.1 Å². The van der Waals surface area contributed by atoms with Gasteiger partial charge in [0.25, 0.3) is 0 Å². The molecule has 0 aliphatic heterocycles. The Hall–Kier alpha value is -2.25. The lowest BCUT2D eigenvalue weighted by Crippen LogP contribution is -2.41. The fraction of sp³-hybridized carbons (Fsp3) is 0.333. The molecule has 2 aromatic rings. The summed E-state index contributed by atoms with van der Waals surface area (Å²) in [6, 6.07) is 11.8. The number of methoxy groups -OCH3 is 3. The van der Waals surface area contributed by atoms with E-state index >= 15 is 0 Å². The molecule has 0 saturated heterocycles. The molecule has 0 fully saturated rings. The van der Waals surface area contributed by atoms with Crippen LogP contribution in [0.2, 0.25) is 0 Å². The molecule has 7 heteroatoms. The van der Waals surface area contributed by atoms with E-state index in [9.17, 15) is 8.42 Å². The van der Waals surface area contributed by atoms with Crippen molar-refractivity contribution in [1.29, 1.82) is 0 Å². The van der Waals surface area contributed by atoms with Gasteiger partial charge in [0.05, 0.1) is 26.9 Å². The zero-order chi connectivity index (χ0) is 18.7. The van der Waals surface area contributed by atoms with E-state index in [4.69, 9.17) is 14.2 Å². The molecule has 136 valence electrons. The second-order valence-corrected chi connectivity index (χ2v) is 7.63. The van der Waals surface area contributed by atoms with Crippen LogP contribution in [0.4, 0.5) is 0 Å². The van der Waals surface area contributed by atoms with Crippen LogP contribution in [0.1, 0.15) is 19.4 Å². The van der Waals surface area contributed by atoms with Crippen LogP contribution in [-0.2, 0) is 15.6 Å². The molecule has 25 heavy (non-hydrogen) atoms. The first-order chi connectivity index (χ1) is 11.7. The molecule has 2 rings (SSSR count). The average molecular weight is 365 g/mol. The lowest BCUT2D eigenvalue weighted by atomic mass is 9.96. The number of hydrogen-bond donors (Lipinski definition) is 1. The largest absolute Gasteiger partial charge is 0.497 e. The predicted octanol–water partition coefficient (Wildman–Crippen LogP) is 2.93. The van der Waals surface area contributed by atoms with Crippen molar-refractivity contribution < 1.29 is 22.6 Å². The SMILES string of the molecule is COc1ccc(C(C)(C)NS(=O)(=O)c2ccc(OC)cc2OC)cc1. The Kier molecular flexibility index (Phi) is 5.59. The minimum absolute atomic E-state index is 0.0531. The zero-order valence-corrected chi connectivity index (χ0v) is 15.8. The molecule has 0 atom stereocenters. The molecule has 0 aliphatic rings. The zero-order valence-electron chi connectivity index (χ0n) is 15.0. The van der Waals surface area contributed by atoms with E-state index in [2.05, 4.69) is 4.72 Å². The average Bonchev–Trinajstić information content (AvgIpc) is 2.60. The van der Waals surface area contributed by atoms with Gasteiger partial charge >= 0.3 is 0 Å². The Bertz CT molecular complexity index is 829. The van der Waals surface area contributed by atoms with E-state index in [1.165, 1.54) is 26.4 Å². The molecule has 6 nitrogen and oxygen atoms in total. The summed E-state index contributed by atoms with van der Waals surface area (Å²) in [5.41, 5.74) is -0.0138. The Morgan fingerprint density at radius 2 is 1.40 bits per heavy atom. The highest BCUT2D eigenvalue weighted by Gasteiger charge is 2.30. The molecular weight excluding hydrogens is 342 g/mol. The van der Waals surface area contributed by atoms with Crippen molar-refractivity contribution in [2.75, 3.05) is 21.3 Å². The van der Waals surface area contributed by atoms with Gasteiger partial charge in [-0.25, -0.2) is 13.1 Å². The van der Waals surface area contributed by atoms with Crippen LogP contribution in [0.3, 0.4) is 0 Å². The molecule has 0 unspecified atom stereocenters. The topological polar surface area (TPSA) is 73.9 Å². The van der Waals surface area contributed by atoms with E-state index in [0.29, 0.717) is 11.5 Å². The second-order valence-electron chi connectivity index (χ2n) is 5.98. The standard InChI is InChI=1S/C18H23NO5S/c1-18(2,13-6-8-14(22-3)9-7-13)19-25(20,21)17-11-10-15(23-4)12-16(17)24-5/h6-12,19H,1-5H3. The first kappa shape index (κ1) is 19.1. The maximum Gasteiger partial charge on any atom is 0.245 e. The lowest BCUT2D eigenvalue weighted by Gasteiger charge is -2.27. The van der Waals surface area contributed by atoms with Gasteiger partial charge in [0, 0.05) is 6.07 Å². The number of nitrogens with one attached hydrogen (secondary N) is 1. The molecule has 0 aromatic heterocycles. The summed E-state index contributed by atoms with van der Waals surface area (Å²) in [5.74, 6) is 1.45. The van der Waals surface area contributed by atoms with Crippen LogP contribution >= 0.6 is 0 Å². The van der Waals surface area contributed by atoms with Crippen LogP contribution in [0.5, 0.6) is 17.2 Å². The van der Waals surface area contributed by atoms with Crippen LogP contribution in [0.25, 0.3) is 0 Å². The van der Waals surface area contributed by atoms with Crippen molar-refractivity contribution in [3.8, 4) is 17.2 Å². The first-order valence-corrected chi connectivity index (χ1v) is 9.12. The maximum absolute atomic E-state index is 12.9. The highest BCUT2D eigenvalue weighted by atomic mass is 32.2. The molecule has 0 saturated carbocycles. The second kappa shape index (κ2) is 7.33. The third-order valence-corrected chi connectivity index (χ3v) is 5.56. The van der Waals surface area contributed by atoms with Gasteiger partial charge in [0.1, 0.15) is 22.1 Å². The summed E-state index contributed by atoms with van der Waals surface area (Å²) in [6.45, 7) is 3.59. The quantitative estimate of drug-likeness (QED) is 0.817. The normalized spacial score (nSPS) is 11.9. The number of benzene rings is 2. The van der Waals surface area contributed by atoms with Crippen molar-refractivity contribution >= 4 is 10.0 Å². The Labute approximate surface area is 148 Å². The van der Waals surface area contributed by atoms with Crippen molar-refractivity contribution in [1.82, 2.24) is 4.72 Å². The van der Waals surface area contributed by atoms with Gasteiger partial charge in [0.15, 0.2) is 0 Å². The van der Waals surface area contributed by atoms with Crippen LogP contribution < -0.4 is 18.9 Å². The van der Waals surface area contributed by atoms with Gasteiger partial charge in [-0.05, 0) is 43.7 Å². The Morgan fingerprint density at radius 3 is 1.92 bits per heavy atom. The lowest BCUT2D eigenvalue weighted by molar-refractivity contribution is 0.385.